The van der Waals surface area contributed by atoms with Crippen molar-refractivity contribution in [1.29, 1.82) is 0 Å². The van der Waals surface area contributed by atoms with E-state index in [2.05, 4.69) is 5.10 Å². The number of hydrogen-bond acceptors (Lipinski definition) is 4. The number of carbonyl (C=O) groups excluding carboxylic acids is 1. The number of aryl methyl sites for hydroxylation is 2. The average molecular weight is 345 g/mol. The quantitative estimate of drug-likeness (QED) is 0.787. The van der Waals surface area contributed by atoms with Gasteiger partial charge >= 0.3 is 5.97 Å². The molecule has 2 aromatic rings. The minimum atomic E-state index is -1.05. The summed E-state index contributed by atoms with van der Waals surface area (Å²) in [4.78, 5) is 24.9. The van der Waals surface area contributed by atoms with Crippen LogP contribution in [0.15, 0.2) is 30.3 Å². The molecule has 1 amide bonds. The fourth-order valence-corrected chi connectivity index (χ4v) is 2.61. The summed E-state index contributed by atoms with van der Waals surface area (Å²) in [5.74, 6) is -1.38. The summed E-state index contributed by atoms with van der Waals surface area (Å²) in [6.07, 6.45) is 0. The second kappa shape index (κ2) is 8.43. The van der Waals surface area contributed by atoms with Crippen LogP contribution in [0.5, 0.6) is 0 Å². The number of nitrogens with zero attached hydrogens (tertiary/aromatic N) is 3. The lowest BCUT2D eigenvalue weighted by Gasteiger charge is -2.20. The number of amides is 1. The van der Waals surface area contributed by atoms with E-state index in [4.69, 9.17) is 9.84 Å². The zero-order valence-electron chi connectivity index (χ0n) is 14.7. The van der Waals surface area contributed by atoms with Gasteiger partial charge in [0.1, 0.15) is 6.54 Å². The van der Waals surface area contributed by atoms with Crippen LogP contribution in [0, 0.1) is 13.8 Å². The molecule has 7 nitrogen and oxygen atoms in total. The lowest BCUT2D eigenvalue weighted by Crippen LogP contribution is -2.38. The first kappa shape index (κ1) is 18.7. The highest BCUT2D eigenvalue weighted by Gasteiger charge is 2.18. The summed E-state index contributed by atoms with van der Waals surface area (Å²) in [5.41, 5.74) is 3.37. The van der Waals surface area contributed by atoms with Gasteiger partial charge in [-0.05, 0) is 37.6 Å². The Kier molecular flexibility index (Phi) is 6.30. The molecule has 1 N–H and O–H groups in total. The van der Waals surface area contributed by atoms with E-state index in [9.17, 15) is 9.59 Å². The molecule has 0 bridgehead atoms. The topological polar surface area (TPSA) is 84.7 Å². The molecule has 0 spiro atoms. The maximum Gasteiger partial charge on any atom is 0.323 e. The number of aliphatic carboxylic acids is 1. The van der Waals surface area contributed by atoms with E-state index < -0.39 is 5.97 Å². The van der Waals surface area contributed by atoms with Crippen LogP contribution in [-0.2, 0) is 16.1 Å². The van der Waals surface area contributed by atoms with Gasteiger partial charge < -0.3 is 14.7 Å². The molecule has 7 heteroatoms. The van der Waals surface area contributed by atoms with Crippen molar-refractivity contribution in [2.45, 2.75) is 20.4 Å². The molecule has 0 saturated heterocycles. The molecule has 1 heterocycles. The number of hydrogen-bond donors (Lipinski definition) is 1. The van der Waals surface area contributed by atoms with Crippen LogP contribution in [0.25, 0.3) is 0 Å². The third kappa shape index (κ3) is 5.15. The van der Waals surface area contributed by atoms with Gasteiger partial charge in [-0.25, -0.2) is 0 Å². The van der Waals surface area contributed by atoms with Gasteiger partial charge in [0.05, 0.1) is 18.8 Å². The van der Waals surface area contributed by atoms with Crippen molar-refractivity contribution < 1.29 is 19.4 Å². The van der Waals surface area contributed by atoms with Crippen LogP contribution in [-0.4, -0.2) is 58.5 Å². The van der Waals surface area contributed by atoms with Gasteiger partial charge in [0, 0.05) is 24.9 Å². The predicted molar refractivity (Wildman–Crippen MR) is 92.7 cm³/mol. The Morgan fingerprint density at radius 1 is 1.28 bits per heavy atom. The number of benzene rings is 1. The van der Waals surface area contributed by atoms with Crippen molar-refractivity contribution in [1.82, 2.24) is 14.7 Å². The fraction of sp³-hybridized carbons (Fsp3) is 0.389. The van der Waals surface area contributed by atoms with Gasteiger partial charge in [-0.3, -0.25) is 14.3 Å². The normalized spacial score (nSPS) is 10.7. The third-order valence-electron chi connectivity index (χ3n) is 3.79. The van der Waals surface area contributed by atoms with Crippen LogP contribution >= 0.6 is 0 Å². The van der Waals surface area contributed by atoms with Crippen molar-refractivity contribution in [3.05, 3.63) is 52.8 Å². The SMILES string of the molecule is COCCN(CC(=O)O)C(=O)c1cccc(Cn2nc(C)cc2C)c1. The van der Waals surface area contributed by atoms with Crippen LogP contribution in [0.4, 0.5) is 0 Å². The summed E-state index contributed by atoms with van der Waals surface area (Å²) >= 11 is 0. The van der Waals surface area contributed by atoms with Gasteiger partial charge in [-0.1, -0.05) is 12.1 Å². The minimum Gasteiger partial charge on any atom is -0.480 e. The zero-order valence-corrected chi connectivity index (χ0v) is 14.7. The van der Waals surface area contributed by atoms with E-state index in [0.717, 1.165) is 17.0 Å². The second-order valence-electron chi connectivity index (χ2n) is 5.90. The van der Waals surface area contributed by atoms with Crippen molar-refractivity contribution in [2.75, 3.05) is 26.8 Å². The monoisotopic (exact) mass is 345 g/mol. The smallest absolute Gasteiger partial charge is 0.323 e. The van der Waals surface area contributed by atoms with E-state index in [0.29, 0.717) is 12.1 Å². The van der Waals surface area contributed by atoms with E-state index in [1.165, 1.54) is 12.0 Å². The largest absolute Gasteiger partial charge is 0.480 e. The molecule has 1 aromatic carbocycles. The number of aromatic nitrogens is 2. The maximum atomic E-state index is 12.6. The van der Waals surface area contributed by atoms with Gasteiger partial charge in [0.25, 0.3) is 5.91 Å². The Hall–Kier alpha value is -2.67. The first-order valence-corrected chi connectivity index (χ1v) is 8.00. The van der Waals surface area contributed by atoms with Gasteiger partial charge in [0.2, 0.25) is 0 Å². The Labute approximate surface area is 146 Å². The van der Waals surface area contributed by atoms with Crippen LogP contribution in [0.3, 0.4) is 0 Å². The van der Waals surface area contributed by atoms with Crippen molar-refractivity contribution in [2.24, 2.45) is 0 Å². The Morgan fingerprint density at radius 2 is 2.04 bits per heavy atom. The molecule has 0 atom stereocenters. The standard InChI is InChI=1S/C18H23N3O4/c1-13-9-14(2)21(19-13)11-15-5-4-6-16(10-15)18(24)20(7-8-25-3)12-17(22)23/h4-6,9-10H,7-8,11-12H2,1-3H3,(H,22,23). The van der Waals surface area contributed by atoms with Crippen molar-refractivity contribution >= 4 is 11.9 Å². The number of carbonyl (C=O) groups is 2. The highest BCUT2D eigenvalue weighted by atomic mass is 16.5. The Bertz CT molecular complexity index is 755. The number of carboxylic acids is 1. The third-order valence-corrected chi connectivity index (χ3v) is 3.79. The van der Waals surface area contributed by atoms with Gasteiger partial charge in [-0.2, -0.15) is 5.10 Å². The summed E-state index contributed by atoms with van der Waals surface area (Å²) in [5, 5.41) is 13.4. The number of carboxylic acid groups (broad SMARTS) is 1. The summed E-state index contributed by atoms with van der Waals surface area (Å²) < 4.78 is 6.83. The molecule has 25 heavy (non-hydrogen) atoms. The number of methoxy groups -OCH3 is 1. The summed E-state index contributed by atoms with van der Waals surface area (Å²) in [6.45, 7) is 4.62. The lowest BCUT2D eigenvalue weighted by molar-refractivity contribution is -0.137. The average Bonchev–Trinajstić information content (AvgIpc) is 2.88. The molecule has 134 valence electrons. The molecular formula is C18H23N3O4. The lowest BCUT2D eigenvalue weighted by atomic mass is 10.1. The van der Waals surface area contributed by atoms with E-state index in [1.54, 1.807) is 18.2 Å². The number of rotatable bonds is 8. The zero-order chi connectivity index (χ0) is 18.4. The molecule has 0 saturated carbocycles. The van der Waals surface area contributed by atoms with Crippen LogP contribution < -0.4 is 0 Å². The molecule has 0 aliphatic carbocycles. The first-order chi connectivity index (χ1) is 11.9. The molecular weight excluding hydrogens is 322 g/mol. The summed E-state index contributed by atoms with van der Waals surface area (Å²) in [7, 11) is 1.51. The van der Waals surface area contributed by atoms with Crippen molar-refractivity contribution in [3.63, 3.8) is 0 Å². The Balaban J connectivity index is 2.18. The first-order valence-electron chi connectivity index (χ1n) is 8.00. The summed E-state index contributed by atoms with van der Waals surface area (Å²) in [6, 6.07) is 9.18. The highest BCUT2D eigenvalue weighted by Crippen LogP contribution is 2.12. The maximum absolute atomic E-state index is 12.6. The molecule has 0 aliphatic heterocycles. The molecule has 1 aromatic heterocycles. The fourth-order valence-electron chi connectivity index (χ4n) is 2.61. The molecule has 0 radical (unpaired) electrons. The van der Waals surface area contributed by atoms with Crippen molar-refractivity contribution in [3.8, 4) is 0 Å². The molecule has 0 aliphatic rings. The molecule has 0 fully saturated rings. The minimum absolute atomic E-state index is 0.226. The second-order valence-corrected chi connectivity index (χ2v) is 5.90. The van der Waals surface area contributed by atoms with Gasteiger partial charge in [0.15, 0.2) is 0 Å². The van der Waals surface area contributed by atoms with E-state index >= 15 is 0 Å². The van der Waals surface area contributed by atoms with Crippen LogP contribution in [0.1, 0.15) is 27.3 Å². The van der Waals surface area contributed by atoms with E-state index in [1.807, 2.05) is 30.7 Å². The predicted octanol–water partition coefficient (Wildman–Crippen LogP) is 1.72. The number of ether oxygens (including phenoxy) is 1. The van der Waals surface area contributed by atoms with E-state index in [-0.39, 0.29) is 25.6 Å². The highest BCUT2D eigenvalue weighted by molar-refractivity contribution is 5.96. The Morgan fingerprint density at radius 3 is 2.64 bits per heavy atom. The van der Waals surface area contributed by atoms with Crippen LogP contribution in [0.2, 0.25) is 0 Å². The molecule has 2 rings (SSSR count). The molecule has 0 unspecified atom stereocenters. The van der Waals surface area contributed by atoms with Gasteiger partial charge in [-0.15, -0.1) is 0 Å².